The van der Waals surface area contributed by atoms with Crippen molar-refractivity contribution in [2.45, 2.75) is 20.3 Å². The predicted octanol–water partition coefficient (Wildman–Crippen LogP) is 1.89. The molecular weight excluding hydrogens is 114 g/mol. The highest BCUT2D eigenvalue weighted by Gasteiger charge is 1.84. The molecule has 0 aromatic carbocycles. The zero-order valence-corrected chi connectivity index (χ0v) is 6.18. The van der Waals surface area contributed by atoms with Gasteiger partial charge in [-0.3, -0.25) is 5.43 Å². The van der Waals surface area contributed by atoms with E-state index < -0.39 is 0 Å². The maximum atomic E-state index is 3.62. The number of hydrogen-bond acceptors (Lipinski definition) is 2. The minimum absolute atomic E-state index is 0.968. The maximum absolute atomic E-state index is 3.62. The zero-order chi connectivity index (χ0) is 7.11. The van der Waals surface area contributed by atoms with E-state index in [4.69, 9.17) is 0 Å². The van der Waals surface area contributed by atoms with Gasteiger partial charge in [0.1, 0.15) is 0 Å². The second-order valence-corrected chi connectivity index (χ2v) is 1.58. The number of hydrogen-bond donors (Lipinski definition) is 1. The van der Waals surface area contributed by atoms with Crippen molar-refractivity contribution in [3.05, 3.63) is 11.8 Å². The third kappa shape index (κ3) is 3.70. The van der Waals surface area contributed by atoms with Crippen LogP contribution in [0, 0.1) is 0 Å². The van der Waals surface area contributed by atoms with Gasteiger partial charge in [0.15, 0.2) is 0 Å². The molecule has 52 valence electrons. The number of allylic oxidation sites excluding steroid dienone is 2. The summed E-state index contributed by atoms with van der Waals surface area (Å²) in [6.45, 7) is 4.03. The Bertz CT molecular complexity index is 115. The topological polar surface area (TPSA) is 36.8 Å². The number of rotatable bonds is 3. The van der Waals surface area contributed by atoms with E-state index in [1.807, 2.05) is 13.0 Å². The Labute approximate surface area is 55.8 Å². The van der Waals surface area contributed by atoms with Gasteiger partial charge in [-0.25, -0.2) is 0 Å². The zero-order valence-electron chi connectivity index (χ0n) is 6.18. The largest absolute Gasteiger partial charge is 0.265 e. The summed E-state index contributed by atoms with van der Waals surface area (Å²) >= 11 is 0. The molecular formula is C6H13N3. The van der Waals surface area contributed by atoms with Gasteiger partial charge < -0.3 is 0 Å². The van der Waals surface area contributed by atoms with Gasteiger partial charge in [0.05, 0.1) is 7.05 Å². The van der Waals surface area contributed by atoms with Gasteiger partial charge in [0.2, 0.25) is 0 Å². The van der Waals surface area contributed by atoms with Crippen LogP contribution in [-0.4, -0.2) is 7.05 Å². The maximum Gasteiger partial charge on any atom is 0.0509 e. The molecule has 0 heterocycles. The molecule has 0 spiro atoms. The fourth-order valence-corrected chi connectivity index (χ4v) is 0.462. The monoisotopic (exact) mass is 127 g/mol. The van der Waals surface area contributed by atoms with E-state index in [9.17, 15) is 0 Å². The van der Waals surface area contributed by atoms with Gasteiger partial charge >= 0.3 is 0 Å². The van der Waals surface area contributed by atoms with Gasteiger partial charge in [-0.2, -0.15) is 5.11 Å². The predicted molar refractivity (Wildman–Crippen MR) is 38.0 cm³/mol. The van der Waals surface area contributed by atoms with Gasteiger partial charge in [-0.1, -0.05) is 18.2 Å². The molecule has 0 aliphatic rings. The summed E-state index contributed by atoms with van der Waals surface area (Å²) < 4.78 is 0. The van der Waals surface area contributed by atoms with E-state index in [2.05, 4.69) is 22.7 Å². The van der Waals surface area contributed by atoms with Crippen LogP contribution in [0.25, 0.3) is 0 Å². The first-order valence-electron chi connectivity index (χ1n) is 3.05. The van der Waals surface area contributed by atoms with Crippen molar-refractivity contribution in [3.8, 4) is 0 Å². The molecule has 0 aliphatic heterocycles. The second-order valence-electron chi connectivity index (χ2n) is 1.58. The smallest absolute Gasteiger partial charge is 0.0509 e. The summed E-state index contributed by atoms with van der Waals surface area (Å²) in [4.78, 5) is 0. The van der Waals surface area contributed by atoms with Gasteiger partial charge in [-0.15, -0.1) is 0 Å². The van der Waals surface area contributed by atoms with Crippen molar-refractivity contribution >= 4 is 0 Å². The highest BCUT2D eigenvalue weighted by molar-refractivity contribution is 4.94. The van der Waals surface area contributed by atoms with Crippen LogP contribution >= 0.6 is 0 Å². The normalized spacial score (nSPS) is 12.6. The van der Waals surface area contributed by atoms with Gasteiger partial charge in [0.25, 0.3) is 0 Å². The summed E-state index contributed by atoms with van der Waals surface area (Å²) in [5, 5.41) is 7.16. The molecule has 0 aliphatic carbocycles. The van der Waals surface area contributed by atoms with Crippen LogP contribution in [0.1, 0.15) is 20.3 Å². The summed E-state index contributed by atoms with van der Waals surface area (Å²) in [6, 6.07) is 0. The quantitative estimate of drug-likeness (QED) is 0.456. The van der Waals surface area contributed by atoms with E-state index in [1.54, 1.807) is 7.05 Å². The van der Waals surface area contributed by atoms with Crippen molar-refractivity contribution in [1.29, 1.82) is 0 Å². The summed E-state index contributed by atoms with van der Waals surface area (Å²) in [5.41, 5.74) is 3.89. The first-order valence-corrected chi connectivity index (χ1v) is 3.05. The average molecular weight is 127 g/mol. The molecule has 0 saturated heterocycles. The lowest BCUT2D eigenvalue weighted by Gasteiger charge is -1.97. The molecule has 0 unspecified atom stereocenters. The second kappa shape index (κ2) is 5.28. The fourth-order valence-electron chi connectivity index (χ4n) is 0.462. The van der Waals surface area contributed by atoms with Crippen molar-refractivity contribution in [3.63, 3.8) is 0 Å². The van der Waals surface area contributed by atoms with Gasteiger partial charge in [0, 0.05) is 5.70 Å². The Hall–Kier alpha value is -0.860. The Kier molecular flexibility index (Phi) is 4.78. The van der Waals surface area contributed by atoms with Crippen LogP contribution in [-0.2, 0) is 0 Å². The SMILES string of the molecule is C/C=C(/CC)NN=NC. The van der Waals surface area contributed by atoms with E-state index in [1.165, 1.54) is 0 Å². The summed E-state index contributed by atoms with van der Waals surface area (Å²) in [7, 11) is 1.63. The molecule has 9 heavy (non-hydrogen) atoms. The van der Waals surface area contributed by atoms with Crippen LogP contribution in [0.15, 0.2) is 22.1 Å². The van der Waals surface area contributed by atoms with E-state index in [0.717, 1.165) is 12.1 Å². The lowest BCUT2D eigenvalue weighted by Crippen LogP contribution is -2.01. The number of nitrogens with zero attached hydrogens (tertiary/aromatic N) is 2. The molecule has 0 amide bonds. The minimum Gasteiger partial charge on any atom is -0.265 e. The Balaban J connectivity index is 3.58. The van der Waals surface area contributed by atoms with E-state index in [-0.39, 0.29) is 0 Å². The van der Waals surface area contributed by atoms with E-state index in [0.29, 0.717) is 0 Å². The van der Waals surface area contributed by atoms with Crippen molar-refractivity contribution < 1.29 is 0 Å². The molecule has 0 saturated carbocycles. The molecule has 0 radical (unpaired) electrons. The Morgan fingerprint density at radius 2 is 2.33 bits per heavy atom. The molecule has 0 bridgehead atoms. The average Bonchev–Trinajstić information content (AvgIpc) is 1.91. The van der Waals surface area contributed by atoms with Crippen LogP contribution in [0.5, 0.6) is 0 Å². The third-order valence-corrected chi connectivity index (χ3v) is 1.02. The minimum atomic E-state index is 0.968. The lowest BCUT2D eigenvalue weighted by molar-refractivity contribution is 0.763. The Morgan fingerprint density at radius 1 is 1.67 bits per heavy atom. The van der Waals surface area contributed by atoms with Gasteiger partial charge in [-0.05, 0) is 13.3 Å². The molecule has 1 N–H and O–H groups in total. The molecule has 0 atom stereocenters. The third-order valence-electron chi connectivity index (χ3n) is 1.02. The molecule has 0 rings (SSSR count). The Morgan fingerprint density at radius 3 is 2.67 bits per heavy atom. The lowest BCUT2D eigenvalue weighted by atomic mass is 10.3. The standard InChI is InChI=1S/C6H13N3/c1-4-6(5-2)8-9-7-3/h4H,5H2,1-3H3,(H,7,8)/b6-4-. The summed E-state index contributed by atoms with van der Waals surface area (Å²) in [6.07, 6.45) is 2.95. The number of nitrogens with one attached hydrogen (secondary N) is 1. The van der Waals surface area contributed by atoms with Crippen LogP contribution in [0.4, 0.5) is 0 Å². The molecule has 3 heteroatoms. The van der Waals surface area contributed by atoms with Crippen LogP contribution in [0.3, 0.4) is 0 Å². The molecule has 0 aromatic heterocycles. The molecule has 0 fully saturated rings. The van der Waals surface area contributed by atoms with Crippen molar-refractivity contribution in [1.82, 2.24) is 5.43 Å². The first-order chi connectivity index (χ1) is 4.35. The fraction of sp³-hybridized carbons (Fsp3) is 0.667. The van der Waals surface area contributed by atoms with E-state index >= 15 is 0 Å². The van der Waals surface area contributed by atoms with Crippen LogP contribution in [0.2, 0.25) is 0 Å². The van der Waals surface area contributed by atoms with Crippen LogP contribution < -0.4 is 5.43 Å². The first kappa shape index (κ1) is 8.14. The van der Waals surface area contributed by atoms with Crippen molar-refractivity contribution in [2.75, 3.05) is 7.05 Å². The highest BCUT2D eigenvalue weighted by atomic mass is 15.4. The molecule has 3 nitrogen and oxygen atoms in total. The molecule has 0 aromatic rings. The van der Waals surface area contributed by atoms with Crippen molar-refractivity contribution in [2.24, 2.45) is 10.3 Å². The summed E-state index contributed by atoms with van der Waals surface area (Å²) in [5.74, 6) is 0. The highest BCUT2D eigenvalue weighted by Crippen LogP contribution is 1.93.